The number of nitrogens with zero attached hydrogens (tertiary/aromatic N) is 2. The van der Waals surface area contributed by atoms with Crippen molar-refractivity contribution in [3.63, 3.8) is 0 Å². The van der Waals surface area contributed by atoms with Crippen molar-refractivity contribution in [2.75, 3.05) is 31.1 Å². The summed E-state index contributed by atoms with van der Waals surface area (Å²) in [5.74, 6) is -0.130. The molecule has 2 atom stereocenters. The smallest absolute Gasteiger partial charge is 0.225 e. The van der Waals surface area contributed by atoms with Gasteiger partial charge < -0.3 is 10.2 Å². The van der Waals surface area contributed by atoms with Crippen LogP contribution in [0.4, 0.5) is 10.1 Å². The number of hydrogen-bond donors (Lipinski definition) is 1. The number of halogens is 1. The largest absolute Gasteiger partial charge is 0.369 e. The Morgan fingerprint density at radius 2 is 1.75 bits per heavy atom. The number of carbonyl (C=O) groups excluding carboxylic acids is 1. The molecule has 1 aromatic heterocycles. The van der Waals surface area contributed by atoms with Crippen molar-refractivity contribution in [2.24, 2.45) is 5.41 Å². The second kappa shape index (κ2) is 8.62. The monoisotopic (exact) mass is 403 g/mol. The molecule has 0 radical (unpaired) electrons. The first-order valence-corrected chi connectivity index (χ1v) is 10.7. The van der Waals surface area contributed by atoms with E-state index in [1.165, 1.54) is 17.0 Å². The van der Waals surface area contributed by atoms with Crippen LogP contribution in [-0.4, -0.2) is 43.0 Å². The van der Waals surface area contributed by atoms with Gasteiger partial charge >= 0.3 is 0 Å². The SMILES string of the molecule is C[C@H](NC(=O)C(C)(C)C)[C@@H](c1cccs1)N1CCN(c2ccc(F)cc2)CC1. The standard InChI is InChI=1S/C22H30FN3OS/c1-16(24-21(27)22(2,3)4)20(19-6-5-15-28-19)26-13-11-25(12-14-26)18-9-7-17(23)8-10-18/h5-10,15-16,20H,11-14H2,1-4H3,(H,24,27)/t16-,20-/m0/s1. The Kier molecular flexibility index (Phi) is 6.40. The molecule has 1 aromatic carbocycles. The van der Waals surface area contributed by atoms with Gasteiger partial charge in [-0.3, -0.25) is 9.69 Å². The van der Waals surface area contributed by atoms with Gasteiger partial charge in [0.05, 0.1) is 6.04 Å². The number of carbonyl (C=O) groups is 1. The van der Waals surface area contributed by atoms with Crippen molar-refractivity contribution in [3.8, 4) is 0 Å². The van der Waals surface area contributed by atoms with E-state index in [2.05, 4.69) is 39.6 Å². The fourth-order valence-corrected chi connectivity index (χ4v) is 4.58. The van der Waals surface area contributed by atoms with Crippen LogP contribution in [0.25, 0.3) is 0 Å². The highest BCUT2D eigenvalue weighted by atomic mass is 32.1. The molecule has 1 aliphatic heterocycles. The summed E-state index contributed by atoms with van der Waals surface area (Å²) in [7, 11) is 0. The van der Waals surface area contributed by atoms with Crippen molar-refractivity contribution in [1.82, 2.24) is 10.2 Å². The van der Waals surface area contributed by atoms with Crippen LogP contribution in [0, 0.1) is 11.2 Å². The zero-order valence-corrected chi connectivity index (χ0v) is 17.9. The van der Waals surface area contributed by atoms with Gasteiger partial charge in [0.2, 0.25) is 5.91 Å². The van der Waals surface area contributed by atoms with Crippen LogP contribution in [0.5, 0.6) is 0 Å². The molecule has 1 aliphatic rings. The zero-order chi connectivity index (χ0) is 20.3. The molecule has 2 aromatic rings. The Balaban J connectivity index is 1.70. The Hall–Kier alpha value is -1.92. The van der Waals surface area contributed by atoms with Crippen LogP contribution in [0.3, 0.4) is 0 Å². The first-order valence-electron chi connectivity index (χ1n) is 9.84. The van der Waals surface area contributed by atoms with E-state index in [1.54, 1.807) is 11.3 Å². The van der Waals surface area contributed by atoms with Gasteiger partial charge in [0.1, 0.15) is 5.82 Å². The van der Waals surface area contributed by atoms with Gasteiger partial charge in [0.25, 0.3) is 0 Å². The lowest BCUT2D eigenvalue weighted by Gasteiger charge is -2.42. The average Bonchev–Trinajstić information content (AvgIpc) is 3.16. The van der Waals surface area contributed by atoms with Crippen LogP contribution in [-0.2, 0) is 4.79 Å². The van der Waals surface area contributed by atoms with E-state index in [9.17, 15) is 9.18 Å². The third-order valence-corrected chi connectivity index (χ3v) is 6.19. The Labute approximate surface area is 171 Å². The van der Waals surface area contributed by atoms with Gasteiger partial charge in [-0.2, -0.15) is 0 Å². The summed E-state index contributed by atoms with van der Waals surface area (Å²) in [6.07, 6.45) is 0. The van der Waals surface area contributed by atoms with Crippen LogP contribution in [0.2, 0.25) is 0 Å². The van der Waals surface area contributed by atoms with Crippen molar-refractivity contribution in [1.29, 1.82) is 0 Å². The van der Waals surface area contributed by atoms with Crippen LogP contribution >= 0.6 is 11.3 Å². The molecule has 3 rings (SSSR count). The molecule has 0 spiro atoms. The lowest BCUT2D eigenvalue weighted by molar-refractivity contribution is -0.129. The Morgan fingerprint density at radius 1 is 1.11 bits per heavy atom. The molecule has 1 N–H and O–H groups in total. The van der Waals surface area contributed by atoms with E-state index in [-0.39, 0.29) is 23.8 Å². The van der Waals surface area contributed by atoms with Gasteiger partial charge in [-0.15, -0.1) is 11.3 Å². The van der Waals surface area contributed by atoms with E-state index in [0.717, 1.165) is 31.9 Å². The highest BCUT2D eigenvalue weighted by Gasteiger charge is 2.32. The van der Waals surface area contributed by atoms with Crippen molar-refractivity contribution in [2.45, 2.75) is 39.8 Å². The fraction of sp³-hybridized carbons (Fsp3) is 0.500. The number of anilines is 1. The molecule has 4 nitrogen and oxygen atoms in total. The molecule has 1 amide bonds. The first-order chi connectivity index (χ1) is 13.3. The highest BCUT2D eigenvalue weighted by molar-refractivity contribution is 7.10. The minimum absolute atomic E-state index is 0.0164. The van der Waals surface area contributed by atoms with E-state index >= 15 is 0 Å². The maximum atomic E-state index is 13.2. The number of rotatable bonds is 5. The summed E-state index contributed by atoms with van der Waals surface area (Å²) in [6, 6.07) is 11.1. The van der Waals surface area contributed by atoms with Crippen molar-refractivity contribution < 1.29 is 9.18 Å². The van der Waals surface area contributed by atoms with Gasteiger partial charge in [0.15, 0.2) is 0 Å². The number of piperazine rings is 1. The molecule has 0 unspecified atom stereocenters. The molecule has 0 saturated carbocycles. The minimum Gasteiger partial charge on any atom is -0.369 e. The van der Waals surface area contributed by atoms with E-state index in [4.69, 9.17) is 0 Å². The lowest BCUT2D eigenvalue weighted by Crippen LogP contribution is -2.53. The summed E-state index contributed by atoms with van der Waals surface area (Å²) < 4.78 is 13.2. The summed E-state index contributed by atoms with van der Waals surface area (Å²) >= 11 is 1.74. The molecule has 0 aliphatic carbocycles. The number of hydrogen-bond acceptors (Lipinski definition) is 4. The minimum atomic E-state index is -0.407. The molecule has 0 bridgehead atoms. The Bertz CT molecular complexity index is 762. The summed E-state index contributed by atoms with van der Waals surface area (Å²) in [4.78, 5) is 18.6. The highest BCUT2D eigenvalue weighted by Crippen LogP contribution is 2.30. The van der Waals surface area contributed by atoms with Crippen LogP contribution in [0.1, 0.15) is 38.6 Å². The number of thiophene rings is 1. The van der Waals surface area contributed by atoms with Crippen LogP contribution in [0.15, 0.2) is 41.8 Å². The van der Waals surface area contributed by atoms with Crippen molar-refractivity contribution in [3.05, 3.63) is 52.5 Å². The van der Waals surface area contributed by atoms with E-state index in [0.29, 0.717) is 0 Å². The summed E-state index contributed by atoms with van der Waals surface area (Å²) in [5.41, 5.74) is 0.651. The third-order valence-electron chi connectivity index (χ3n) is 5.25. The number of benzene rings is 1. The zero-order valence-electron chi connectivity index (χ0n) is 17.1. The summed E-state index contributed by atoms with van der Waals surface area (Å²) in [6.45, 7) is 11.5. The summed E-state index contributed by atoms with van der Waals surface area (Å²) in [5, 5.41) is 5.32. The molecule has 1 fully saturated rings. The normalized spacial score (nSPS) is 18.0. The fourth-order valence-electron chi connectivity index (χ4n) is 3.61. The van der Waals surface area contributed by atoms with Crippen LogP contribution < -0.4 is 10.2 Å². The maximum Gasteiger partial charge on any atom is 0.225 e. The Morgan fingerprint density at radius 3 is 2.29 bits per heavy atom. The lowest BCUT2D eigenvalue weighted by atomic mass is 9.94. The van der Waals surface area contributed by atoms with Gasteiger partial charge in [0, 0.05) is 48.2 Å². The molecule has 6 heteroatoms. The molecule has 1 saturated heterocycles. The second-order valence-electron chi connectivity index (χ2n) is 8.47. The molecule has 152 valence electrons. The van der Waals surface area contributed by atoms with E-state index < -0.39 is 5.41 Å². The van der Waals surface area contributed by atoms with Gasteiger partial charge in [-0.1, -0.05) is 26.8 Å². The maximum absolute atomic E-state index is 13.2. The van der Waals surface area contributed by atoms with E-state index in [1.807, 2.05) is 32.9 Å². The molecule has 2 heterocycles. The predicted octanol–water partition coefficient (Wildman–Crippen LogP) is 4.30. The van der Waals surface area contributed by atoms with Gasteiger partial charge in [-0.25, -0.2) is 4.39 Å². The first kappa shape index (κ1) is 20.8. The quantitative estimate of drug-likeness (QED) is 0.808. The third kappa shape index (κ3) is 4.92. The second-order valence-corrected chi connectivity index (χ2v) is 9.45. The molecule has 28 heavy (non-hydrogen) atoms. The number of nitrogens with one attached hydrogen (secondary N) is 1. The number of amides is 1. The topological polar surface area (TPSA) is 35.6 Å². The molecular weight excluding hydrogens is 373 g/mol. The van der Waals surface area contributed by atoms with Crippen molar-refractivity contribution >= 4 is 22.9 Å². The van der Waals surface area contributed by atoms with Gasteiger partial charge in [-0.05, 0) is 42.6 Å². The average molecular weight is 404 g/mol. The predicted molar refractivity (Wildman–Crippen MR) is 114 cm³/mol. The molecular formula is C22H30FN3OS.